The zero-order chi connectivity index (χ0) is 12.3. The number of thioether (sulfide) groups is 1. The van der Waals surface area contributed by atoms with Crippen molar-refractivity contribution in [1.82, 2.24) is 14.8 Å². The summed E-state index contributed by atoms with van der Waals surface area (Å²) in [7, 11) is 0. The van der Waals surface area contributed by atoms with Gasteiger partial charge in [-0.3, -0.25) is 0 Å². The average Bonchev–Trinajstić information content (AvgIpc) is 2.74. The highest BCUT2D eigenvalue weighted by Gasteiger charge is 2.08. The first-order valence-corrected chi connectivity index (χ1v) is 6.42. The Hall–Kier alpha value is -1.36. The van der Waals surface area contributed by atoms with Crippen molar-refractivity contribution in [2.45, 2.75) is 30.8 Å². The number of rotatable bonds is 4. The summed E-state index contributed by atoms with van der Waals surface area (Å²) in [4.78, 5) is 0. The third kappa shape index (κ3) is 3.06. The van der Waals surface area contributed by atoms with Crippen LogP contribution < -0.4 is 0 Å². The lowest BCUT2D eigenvalue weighted by Gasteiger charge is -2.09. The molecule has 0 saturated heterocycles. The summed E-state index contributed by atoms with van der Waals surface area (Å²) in [5.41, 5.74) is 0.952. The van der Waals surface area contributed by atoms with Crippen molar-refractivity contribution in [2.75, 3.05) is 0 Å². The first-order valence-electron chi connectivity index (χ1n) is 5.43. The molecule has 0 aliphatic carbocycles. The summed E-state index contributed by atoms with van der Waals surface area (Å²) in [5.74, 6) is 0.497. The maximum Gasteiger partial charge on any atom is 0.191 e. The minimum Gasteiger partial charge on any atom is -0.306 e. The fourth-order valence-corrected chi connectivity index (χ4v) is 2.45. The first-order chi connectivity index (χ1) is 8.16. The molecule has 1 heterocycles. The maximum absolute atomic E-state index is 13.0. The molecule has 3 nitrogen and oxygen atoms in total. The lowest BCUT2D eigenvalue weighted by atomic mass is 10.2. The van der Waals surface area contributed by atoms with E-state index in [-0.39, 0.29) is 5.82 Å². The zero-order valence-corrected chi connectivity index (χ0v) is 10.6. The summed E-state index contributed by atoms with van der Waals surface area (Å²) in [5, 5.41) is 8.81. The molecule has 0 spiro atoms. The molecule has 1 aromatic carbocycles. The first kappa shape index (κ1) is 12.1. The van der Waals surface area contributed by atoms with E-state index in [0.717, 1.165) is 10.7 Å². The van der Waals surface area contributed by atoms with Crippen LogP contribution in [0.4, 0.5) is 4.39 Å². The molecule has 2 aromatic rings. The molecule has 0 bridgehead atoms. The fourth-order valence-electron chi connectivity index (χ4n) is 1.46. The highest BCUT2D eigenvalue weighted by atomic mass is 32.2. The maximum atomic E-state index is 13.0. The highest BCUT2D eigenvalue weighted by molar-refractivity contribution is 7.98. The van der Waals surface area contributed by atoms with E-state index < -0.39 is 0 Å². The van der Waals surface area contributed by atoms with Gasteiger partial charge in [0.25, 0.3) is 0 Å². The Morgan fingerprint density at radius 1 is 1.41 bits per heavy atom. The van der Waals surface area contributed by atoms with Crippen LogP contribution in [0.3, 0.4) is 0 Å². The highest BCUT2D eigenvalue weighted by Crippen LogP contribution is 2.23. The number of hydrogen-bond acceptors (Lipinski definition) is 3. The van der Waals surface area contributed by atoms with E-state index in [9.17, 15) is 4.39 Å². The Labute approximate surface area is 104 Å². The second-order valence-electron chi connectivity index (χ2n) is 4.03. The van der Waals surface area contributed by atoms with Crippen molar-refractivity contribution in [3.63, 3.8) is 0 Å². The summed E-state index contributed by atoms with van der Waals surface area (Å²) in [6.07, 6.45) is 1.72. The van der Waals surface area contributed by atoms with Crippen molar-refractivity contribution in [2.24, 2.45) is 0 Å². The van der Waals surface area contributed by atoms with Crippen LogP contribution in [0.2, 0.25) is 0 Å². The van der Waals surface area contributed by atoms with Crippen molar-refractivity contribution in [3.8, 4) is 0 Å². The van der Waals surface area contributed by atoms with Gasteiger partial charge >= 0.3 is 0 Å². The summed E-state index contributed by atoms with van der Waals surface area (Å²) >= 11 is 1.57. The lowest BCUT2D eigenvalue weighted by molar-refractivity contribution is 0.549. The molecule has 90 valence electrons. The molecule has 5 heteroatoms. The SMILES string of the molecule is CC(C)n1cnnc1SCc1cccc(F)c1. The molecule has 0 atom stereocenters. The Balaban J connectivity index is 2.05. The third-order valence-electron chi connectivity index (χ3n) is 2.35. The van der Waals surface area contributed by atoms with Crippen molar-refractivity contribution < 1.29 is 4.39 Å². The van der Waals surface area contributed by atoms with Crippen molar-refractivity contribution in [3.05, 3.63) is 42.0 Å². The van der Waals surface area contributed by atoms with Gasteiger partial charge in [-0.1, -0.05) is 23.9 Å². The Morgan fingerprint density at radius 3 is 2.94 bits per heavy atom. The molecule has 0 unspecified atom stereocenters. The molecule has 0 N–H and O–H groups in total. The summed E-state index contributed by atoms with van der Waals surface area (Å²) < 4.78 is 15.0. The molecule has 17 heavy (non-hydrogen) atoms. The van der Waals surface area contributed by atoms with Crippen LogP contribution in [-0.2, 0) is 5.75 Å². The summed E-state index contributed by atoms with van der Waals surface area (Å²) in [6.45, 7) is 4.16. The molecule has 1 aromatic heterocycles. The minimum atomic E-state index is -0.201. The lowest BCUT2D eigenvalue weighted by Crippen LogP contribution is -2.00. The number of aromatic nitrogens is 3. The van der Waals surface area contributed by atoms with E-state index in [1.54, 1.807) is 30.2 Å². The van der Waals surface area contributed by atoms with Crippen LogP contribution in [0.25, 0.3) is 0 Å². The van der Waals surface area contributed by atoms with Crippen molar-refractivity contribution >= 4 is 11.8 Å². The van der Waals surface area contributed by atoms with Crippen LogP contribution in [0.15, 0.2) is 35.7 Å². The van der Waals surface area contributed by atoms with Crippen LogP contribution in [-0.4, -0.2) is 14.8 Å². The standard InChI is InChI=1S/C12H14FN3S/c1-9(2)16-8-14-15-12(16)17-7-10-4-3-5-11(13)6-10/h3-6,8-9H,7H2,1-2H3. The second-order valence-corrected chi connectivity index (χ2v) is 4.98. The molecule has 0 aliphatic rings. The predicted octanol–water partition coefficient (Wildman–Crippen LogP) is 3.29. The molecule has 0 aliphatic heterocycles. The van der Waals surface area contributed by atoms with E-state index in [2.05, 4.69) is 24.0 Å². The molecule has 0 amide bonds. The molecule has 0 radical (unpaired) electrons. The minimum absolute atomic E-state index is 0.201. The molecular weight excluding hydrogens is 237 g/mol. The van der Waals surface area contributed by atoms with Gasteiger partial charge < -0.3 is 4.57 Å². The Bertz CT molecular complexity index is 496. The van der Waals surface area contributed by atoms with Crippen LogP contribution in [0.5, 0.6) is 0 Å². The number of hydrogen-bond donors (Lipinski definition) is 0. The van der Waals surface area contributed by atoms with E-state index in [4.69, 9.17) is 0 Å². The van der Waals surface area contributed by atoms with Gasteiger partial charge in [0.1, 0.15) is 12.1 Å². The van der Waals surface area contributed by atoms with E-state index in [0.29, 0.717) is 11.8 Å². The van der Waals surface area contributed by atoms with Gasteiger partial charge in [0.05, 0.1) is 0 Å². The number of halogens is 1. The largest absolute Gasteiger partial charge is 0.306 e. The van der Waals surface area contributed by atoms with Gasteiger partial charge in [-0.25, -0.2) is 4.39 Å². The smallest absolute Gasteiger partial charge is 0.191 e. The molecule has 0 fully saturated rings. The number of benzene rings is 1. The van der Waals surface area contributed by atoms with Crippen LogP contribution >= 0.6 is 11.8 Å². The van der Waals surface area contributed by atoms with Gasteiger partial charge in [0, 0.05) is 11.8 Å². The van der Waals surface area contributed by atoms with Gasteiger partial charge in [0.15, 0.2) is 5.16 Å². The average molecular weight is 251 g/mol. The second kappa shape index (κ2) is 5.31. The van der Waals surface area contributed by atoms with Crippen LogP contribution in [0.1, 0.15) is 25.5 Å². The zero-order valence-electron chi connectivity index (χ0n) is 9.80. The van der Waals surface area contributed by atoms with E-state index in [1.807, 2.05) is 10.6 Å². The summed E-state index contributed by atoms with van der Waals surface area (Å²) in [6, 6.07) is 6.96. The third-order valence-corrected chi connectivity index (χ3v) is 3.38. The molecule has 2 rings (SSSR count). The van der Waals surface area contributed by atoms with Crippen molar-refractivity contribution in [1.29, 1.82) is 0 Å². The topological polar surface area (TPSA) is 30.7 Å². The Morgan fingerprint density at radius 2 is 2.24 bits per heavy atom. The van der Waals surface area contributed by atoms with Crippen LogP contribution in [0, 0.1) is 5.82 Å². The van der Waals surface area contributed by atoms with E-state index >= 15 is 0 Å². The fraction of sp³-hybridized carbons (Fsp3) is 0.333. The number of nitrogens with zero attached hydrogens (tertiary/aromatic N) is 3. The molecule has 0 saturated carbocycles. The predicted molar refractivity (Wildman–Crippen MR) is 66.4 cm³/mol. The quantitative estimate of drug-likeness (QED) is 0.781. The molecular formula is C12H14FN3S. The normalized spacial score (nSPS) is 11.1. The Kier molecular flexibility index (Phi) is 3.78. The monoisotopic (exact) mass is 251 g/mol. The van der Waals surface area contributed by atoms with Gasteiger partial charge in [-0.2, -0.15) is 0 Å². The van der Waals surface area contributed by atoms with E-state index in [1.165, 1.54) is 6.07 Å². The van der Waals surface area contributed by atoms with Gasteiger partial charge in [-0.15, -0.1) is 10.2 Å². The van der Waals surface area contributed by atoms with Gasteiger partial charge in [0.2, 0.25) is 0 Å². The van der Waals surface area contributed by atoms with Gasteiger partial charge in [-0.05, 0) is 31.5 Å².